The van der Waals surface area contributed by atoms with Crippen LogP contribution < -0.4 is 16.2 Å². The van der Waals surface area contributed by atoms with Crippen LogP contribution in [0.5, 0.6) is 0 Å². The minimum absolute atomic E-state index is 0. The molecule has 2 aliphatic heterocycles. The van der Waals surface area contributed by atoms with Crippen molar-refractivity contribution in [2.45, 2.75) is 12.8 Å². The SMILES string of the molecule is N=C([O-])C1=CNCC=C1.NC(=O)C1CCC[N-]C1.O=CO.O=CO.[OH3+].[OH3+].[Zn+2]. The van der Waals surface area contributed by atoms with Crippen LogP contribution in [0.3, 0.4) is 0 Å². The van der Waals surface area contributed by atoms with E-state index in [1.807, 2.05) is 6.08 Å². The molecule has 2 heterocycles. The molecule has 2 aliphatic rings. The molecule has 12 nitrogen and oxygen atoms in total. The zero-order valence-electron chi connectivity index (χ0n) is 14.9. The number of hydrogen-bond acceptors (Lipinski definition) is 6. The predicted molar refractivity (Wildman–Crippen MR) is 95.1 cm³/mol. The molecule has 0 aromatic rings. The Morgan fingerprint density at radius 1 is 1.33 bits per heavy atom. The number of primary amides is 1. The summed E-state index contributed by atoms with van der Waals surface area (Å²) in [6.07, 6.45) is 6.95. The average Bonchev–Trinajstić information content (AvgIpc) is 2.58. The van der Waals surface area contributed by atoms with Crippen LogP contribution in [0.1, 0.15) is 12.8 Å². The van der Waals surface area contributed by atoms with Crippen LogP contribution in [-0.2, 0) is 44.8 Å². The fourth-order valence-electron chi connectivity index (χ4n) is 1.63. The smallest absolute Gasteiger partial charge is 0.859 e. The zero-order chi connectivity index (χ0) is 18.8. The van der Waals surface area contributed by atoms with E-state index < -0.39 is 5.90 Å². The quantitative estimate of drug-likeness (QED) is 0.0976. The zero-order valence-corrected chi connectivity index (χ0v) is 17.9. The van der Waals surface area contributed by atoms with Gasteiger partial charge in [-0.15, -0.1) is 13.1 Å². The summed E-state index contributed by atoms with van der Waals surface area (Å²) in [6, 6.07) is 0. The second-order valence-corrected chi connectivity index (χ2v) is 4.32. The van der Waals surface area contributed by atoms with Gasteiger partial charge in [-0.1, -0.05) is 18.6 Å². The number of dihydropyridines is 1. The molecule has 1 saturated heterocycles. The molecule has 1 unspecified atom stereocenters. The Labute approximate surface area is 169 Å². The maximum absolute atomic E-state index is 10.5. The number of carbonyl (C=O) groups excluding carboxylic acids is 1. The molecule has 1 fully saturated rings. The van der Waals surface area contributed by atoms with Crippen LogP contribution in [0.25, 0.3) is 5.32 Å². The molecule has 0 spiro atoms. The molecule has 2 rings (SSSR count). The standard InChI is InChI=1S/C6H11N2O.C6H8N2O.2CH2O2.2H2O.Zn/c2*7-6(9)5-2-1-3-8-4-5;2*2-1-3;;;/h5H,1-4H2,(H2,7,9);1-2,4,8H,3H2,(H2,7,9);2*1H,(H,2,3);2*1H2;/q-1;;;;;;+2/p+1. The third-order valence-electron chi connectivity index (χ3n) is 2.67. The van der Waals surface area contributed by atoms with Gasteiger partial charge in [0.25, 0.3) is 12.9 Å². The van der Waals surface area contributed by atoms with Crippen molar-refractivity contribution in [3.05, 3.63) is 29.2 Å². The summed E-state index contributed by atoms with van der Waals surface area (Å²) < 4.78 is 0. The first-order valence-electron chi connectivity index (χ1n) is 6.88. The molecule has 0 radical (unpaired) electrons. The van der Waals surface area contributed by atoms with Crippen molar-refractivity contribution in [2.24, 2.45) is 11.7 Å². The number of nitrogens with two attached hydrogens (primary N) is 1. The first-order valence-corrected chi connectivity index (χ1v) is 6.88. The minimum Gasteiger partial charge on any atom is -0.859 e. The van der Waals surface area contributed by atoms with E-state index in [4.69, 9.17) is 30.9 Å². The van der Waals surface area contributed by atoms with Crippen molar-refractivity contribution < 1.29 is 60.1 Å². The fourth-order valence-corrected chi connectivity index (χ4v) is 1.63. The molecule has 1 atom stereocenters. The predicted octanol–water partition coefficient (Wildman–Crippen LogP) is -2.82. The van der Waals surface area contributed by atoms with Crippen molar-refractivity contribution in [1.82, 2.24) is 5.32 Å². The minimum atomic E-state index is -0.640. The summed E-state index contributed by atoms with van der Waals surface area (Å²) in [5, 5.41) is 37.7. The number of carboxylic acid groups (broad SMARTS) is 2. The van der Waals surface area contributed by atoms with E-state index in [1.54, 1.807) is 12.3 Å². The Morgan fingerprint density at radius 3 is 2.07 bits per heavy atom. The number of rotatable bonds is 2. The number of hydrogen-bond donors (Lipinski definition) is 5. The van der Waals surface area contributed by atoms with Gasteiger partial charge >= 0.3 is 19.5 Å². The van der Waals surface area contributed by atoms with Crippen LogP contribution in [-0.4, -0.2) is 54.6 Å². The van der Waals surface area contributed by atoms with Crippen LogP contribution in [0.2, 0.25) is 0 Å². The Hall–Kier alpha value is -2.34. The number of nitrogens with zero attached hydrogens (tertiary/aromatic N) is 1. The first kappa shape index (κ1) is 35.7. The van der Waals surface area contributed by atoms with E-state index >= 15 is 0 Å². The number of amides is 1. The van der Waals surface area contributed by atoms with Gasteiger partial charge < -0.3 is 48.0 Å². The van der Waals surface area contributed by atoms with Crippen LogP contribution in [0, 0.1) is 11.3 Å². The van der Waals surface area contributed by atoms with Crippen LogP contribution in [0.4, 0.5) is 0 Å². The van der Waals surface area contributed by atoms with Crippen molar-refractivity contribution in [3.8, 4) is 0 Å². The van der Waals surface area contributed by atoms with E-state index in [1.165, 1.54) is 0 Å². The monoisotopic (exact) mass is 444 g/mol. The Kier molecular flexibility index (Phi) is 34.3. The van der Waals surface area contributed by atoms with Gasteiger partial charge in [0, 0.05) is 18.7 Å². The molecule has 12 N–H and O–H groups in total. The summed E-state index contributed by atoms with van der Waals surface area (Å²) >= 11 is 0. The van der Waals surface area contributed by atoms with Crippen molar-refractivity contribution in [2.75, 3.05) is 19.6 Å². The third kappa shape index (κ3) is 23.7. The van der Waals surface area contributed by atoms with Crippen molar-refractivity contribution in [3.63, 3.8) is 0 Å². The Bertz CT molecular complexity index is 448. The van der Waals surface area contributed by atoms with E-state index in [9.17, 15) is 9.90 Å². The molecule has 152 valence electrons. The average molecular weight is 446 g/mol. The Morgan fingerprint density at radius 2 is 1.85 bits per heavy atom. The van der Waals surface area contributed by atoms with Crippen LogP contribution >= 0.6 is 0 Å². The third-order valence-corrected chi connectivity index (χ3v) is 2.67. The van der Waals surface area contributed by atoms with Gasteiger partial charge in [0.05, 0.1) is 0 Å². The molecular weight excluding hydrogens is 418 g/mol. The largest absolute Gasteiger partial charge is 2.00 e. The summed E-state index contributed by atoms with van der Waals surface area (Å²) in [7, 11) is 0. The molecule has 0 aromatic heterocycles. The van der Waals surface area contributed by atoms with Crippen LogP contribution in [0.15, 0.2) is 23.9 Å². The topological polar surface area (TPSA) is 257 Å². The molecule has 1 amide bonds. The molecular formula is C14H28N4O8Zn+2. The van der Waals surface area contributed by atoms with E-state index in [-0.39, 0.29) is 55.2 Å². The van der Waals surface area contributed by atoms with Crippen molar-refractivity contribution >= 4 is 24.7 Å². The van der Waals surface area contributed by atoms with Gasteiger partial charge in [-0.2, -0.15) is 0 Å². The normalized spacial score (nSPS) is 15.6. The molecule has 13 heteroatoms. The molecule has 0 aliphatic carbocycles. The summed E-state index contributed by atoms with van der Waals surface area (Å²) in [6.45, 7) is 1.80. The number of piperidine rings is 1. The maximum atomic E-state index is 10.5. The van der Waals surface area contributed by atoms with Gasteiger partial charge in [-0.3, -0.25) is 14.4 Å². The summed E-state index contributed by atoms with van der Waals surface area (Å²) in [4.78, 5) is 27.2. The molecule has 0 aromatic carbocycles. The Balaban J connectivity index is -0.0000000856. The van der Waals surface area contributed by atoms with Gasteiger partial charge in [0.2, 0.25) is 5.91 Å². The van der Waals surface area contributed by atoms with E-state index in [0.29, 0.717) is 12.1 Å². The maximum Gasteiger partial charge on any atom is 2.00 e. The van der Waals surface area contributed by atoms with E-state index in [0.717, 1.165) is 25.9 Å². The number of carbonyl (C=O) groups is 3. The fraction of sp³-hybridized carbons (Fsp3) is 0.429. The van der Waals surface area contributed by atoms with Gasteiger partial charge in [-0.25, -0.2) is 0 Å². The molecule has 0 bridgehead atoms. The second-order valence-electron chi connectivity index (χ2n) is 4.32. The summed E-state index contributed by atoms with van der Waals surface area (Å²) in [5.74, 6) is -0.810. The van der Waals surface area contributed by atoms with E-state index in [2.05, 4.69) is 10.6 Å². The van der Waals surface area contributed by atoms with Gasteiger partial charge in [0.1, 0.15) is 0 Å². The van der Waals surface area contributed by atoms with Crippen molar-refractivity contribution in [1.29, 1.82) is 5.41 Å². The molecule has 0 saturated carbocycles. The van der Waals surface area contributed by atoms with Gasteiger partial charge in [-0.05, 0) is 17.9 Å². The number of nitrogens with one attached hydrogen (secondary N) is 2. The molecule has 27 heavy (non-hydrogen) atoms. The second kappa shape index (κ2) is 25.9. The summed E-state index contributed by atoms with van der Waals surface area (Å²) in [5.41, 5.74) is 5.49. The first-order chi connectivity index (χ1) is 11.4. The van der Waals surface area contributed by atoms with Gasteiger partial charge in [0.15, 0.2) is 0 Å².